The summed E-state index contributed by atoms with van der Waals surface area (Å²) in [5.41, 5.74) is 1.12. The van der Waals surface area contributed by atoms with E-state index in [0.717, 1.165) is 36.5 Å². The Morgan fingerprint density at radius 3 is 2.32 bits per heavy atom. The van der Waals surface area contributed by atoms with Crippen LogP contribution in [0.25, 0.3) is 0 Å². The molecule has 3 saturated carbocycles. The molecule has 3 rings (SSSR count). The Morgan fingerprint density at radius 2 is 1.79 bits per heavy atom. The highest BCUT2D eigenvalue weighted by molar-refractivity contribution is 5.12. The number of aliphatic hydroxyl groups excluding tert-OH is 1. The van der Waals surface area contributed by atoms with Crippen molar-refractivity contribution in [3.63, 3.8) is 0 Å². The molecule has 110 valence electrons. The molecule has 0 aromatic carbocycles. The van der Waals surface area contributed by atoms with Crippen molar-refractivity contribution in [3.8, 4) is 0 Å². The third-order valence-corrected chi connectivity index (χ3v) is 7.92. The highest BCUT2D eigenvalue weighted by Crippen LogP contribution is 2.70. The molecule has 1 heteroatoms. The van der Waals surface area contributed by atoms with Crippen molar-refractivity contribution in [2.24, 2.45) is 34.5 Å². The van der Waals surface area contributed by atoms with Gasteiger partial charge in [0.15, 0.2) is 0 Å². The number of hydrogen-bond acceptors (Lipinski definition) is 1. The second-order valence-corrected chi connectivity index (χ2v) is 8.52. The van der Waals surface area contributed by atoms with Crippen LogP contribution in [-0.4, -0.2) is 11.2 Å². The first-order chi connectivity index (χ1) is 8.90. The van der Waals surface area contributed by atoms with Gasteiger partial charge in [-0.25, -0.2) is 0 Å². The molecule has 1 N–H and O–H groups in total. The molecular formula is C18H32O. The second-order valence-electron chi connectivity index (χ2n) is 8.52. The fraction of sp³-hybridized carbons (Fsp3) is 1.00. The quantitative estimate of drug-likeness (QED) is 0.770. The third kappa shape index (κ3) is 1.83. The Hall–Kier alpha value is -0.0400. The first-order valence-corrected chi connectivity index (χ1v) is 8.58. The Balaban J connectivity index is 1.83. The molecular weight excluding hydrogens is 232 g/mol. The molecule has 3 unspecified atom stereocenters. The summed E-state index contributed by atoms with van der Waals surface area (Å²) in [6.45, 7) is 9.98. The van der Waals surface area contributed by atoms with Gasteiger partial charge in [-0.3, -0.25) is 0 Å². The van der Waals surface area contributed by atoms with E-state index in [9.17, 15) is 5.11 Å². The molecule has 0 spiro atoms. The summed E-state index contributed by atoms with van der Waals surface area (Å²) in [5.74, 6) is 3.56. The zero-order chi connectivity index (χ0) is 13.8. The lowest BCUT2D eigenvalue weighted by Crippen LogP contribution is -2.41. The minimum atomic E-state index is -0.0133. The zero-order valence-corrected chi connectivity index (χ0v) is 13.3. The van der Waals surface area contributed by atoms with E-state index in [2.05, 4.69) is 27.7 Å². The molecule has 1 nitrogen and oxygen atoms in total. The highest BCUT2D eigenvalue weighted by Gasteiger charge is 2.63. The first-order valence-electron chi connectivity index (χ1n) is 8.58. The van der Waals surface area contributed by atoms with Gasteiger partial charge in [0.1, 0.15) is 0 Å². The maximum absolute atomic E-state index is 9.97. The standard InChI is InChI=1S/C18H32O/c1-5-12-10-14(19)6-7-15(12)16-11-13-8-9-18(16,4)17(13,2)3/h12-16,19H,5-11H2,1-4H3/t12?,13-,14?,15?,16+,18+/m0/s1. The van der Waals surface area contributed by atoms with Gasteiger partial charge in [-0.05, 0) is 73.0 Å². The molecule has 0 heterocycles. The number of aliphatic hydroxyl groups is 1. The Morgan fingerprint density at radius 1 is 1.05 bits per heavy atom. The van der Waals surface area contributed by atoms with Crippen LogP contribution in [0.2, 0.25) is 0 Å². The summed E-state index contributed by atoms with van der Waals surface area (Å²) in [4.78, 5) is 0. The Bertz CT molecular complexity index is 348. The molecule has 0 radical (unpaired) electrons. The predicted molar refractivity (Wildman–Crippen MR) is 79.8 cm³/mol. The van der Waals surface area contributed by atoms with Gasteiger partial charge in [-0.2, -0.15) is 0 Å². The van der Waals surface area contributed by atoms with Crippen LogP contribution in [0.4, 0.5) is 0 Å². The number of fused-ring (bicyclic) bond motifs is 2. The molecule has 0 aromatic heterocycles. The number of hydrogen-bond donors (Lipinski definition) is 1. The lowest BCUT2D eigenvalue weighted by Gasteiger charge is -2.47. The molecule has 2 bridgehead atoms. The molecule has 3 aliphatic carbocycles. The van der Waals surface area contributed by atoms with Crippen molar-refractivity contribution in [1.29, 1.82) is 0 Å². The van der Waals surface area contributed by atoms with Gasteiger partial charge in [-0.15, -0.1) is 0 Å². The van der Waals surface area contributed by atoms with Crippen molar-refractivity contribution < 1.29 is 5.11 Å². The van der Waals surface area contributed by atoms with Crippen LogP contribution in [0, 0.1) is 34.5 Å². The second kappa shape index (κ2) is 4.48. The van der Waals surface area contributed by atoms with Gasteiger partial charge < -0.3 is 5.11 Å². The Labute approximate surface area is 119 Å². The maximum atomic E-state index is 9.97. The molecule has 6 atom stereocenters. The summed E-state index contributed by atoms with van der Waals surface area (Å²) >= 11 is 0. The minimum Gasteiger partial charge on any atom is -0.393 e. The smallest absolute Gasteiger partial charge is 0.0543 e. The zero-order valence-electron chi connectivity index (χ0n) is 13.3. The fourth-order valence-electron chi connectivity index (χ4n) is 6.17. The van der Waals surface area contributed by atoms with E-state index in [0.29, 0.717) is 10.8 Å². The van der Waals surface area contributed by atoms with Crippen molar-refractivity contribution >= 4 is 0 Å². The lowest BCUT2D eigenvalue weighted by molar-refractivity contribution is -0.00862. The molecule has 3 fully saturated rings. The predicted octanol–water partition coefficient (Wildman–Crippen LogP) is 4.64. The van der Waals surface area contributed by atoms with E-state index in [1.54, 1.807) is 0 Å². The van der Waals surface area contributed by atoms with Crippen molar-refractivity contribution in [2.45, 2.75) is 78.7 Å². The van der Waals surface area contributed by atoms with Gasteiger partial charge in [0.25, 0.3) is 0 Å². The Kier molecular flexibility index (Phi) is 3.28. The summed E-state index contributed by atoms with van der Waals surface area (Å²) < 4.78 is 0. The van der Waals surface area contributed by atoms with E-state index in [4.69, 9.17) is 0 Å². The summed E-state index contributed by atoms with van der Waals surface area (Å²) in [7, 11) is 0. The molecule has 0 saturated heterocycles. The SMILES string of the molecule is CCC1CC(O)CCC1[C@H]1C[C@@H]2CC[C@@]1(C)C2(C)C. The van der Waals surface area contributed by atoms with Crippen LogP contribution in [0.3, 0.4) is 0 Å². The third-order valence-electron chi connectivity index (χ3n) is 7.92. The highest BCUT2D eigenvalue weighted by atomic mass is 16.3. The van der Waals surface area contributed by atoms with Crippen LogP contribution in [0.5, 0.6) is 0 Å². The van der Waals surface area contributed by atoms with Crippen molar-refractivity contribution in [2.75, 3.05) is 0 Å². The van der Waals surface area contributed by atoms with Crippen molar-refractivity contribution in [1.82, 2.24) is 0 Å². The summed E-state index contributed by atoms with van der Waals surface area (Å²) in [6.07, 6.45) is 9.04. The van der Waals surface area contributed by atoms with E-state index in [1.807, 2.05) is 0 Å². The molecule has 0 aliphatic heterocycles. The van der Waals surface area contributed by atoms with E-state index in [1.165, 1.54) is 32.1 Å². The van der Waals surface area contributed by atoms with E-state index >= 15 is 0 Å². The van der Waals surface area contributed by atoms with Gasteiger partial charge in [0.05, 0.1) is 6.10 Å². The fourth-order valence-corrected chi connectivity index (χ4v) is 6.17. The van der Waals surface area contributed by atoms with E-state index in [-0.39, 0.29) is 6.10 Å². The maximum Gasteiger partial charge on any atom is 0.0543 e. The molecule has 19 heavy (non-hydrogen) atoms. The minimum absolute atomic E-state index is 0.0133. The van der Waals surface area contributed by atoms with Crippen LogP contribution < -0.4 is 0 Å². The van der Waals surface area contributed by atoms with Crippen molar-refractivity contribution in [3.05, 3.63) is 0 Å². The molecule has 0 amide bonds. The molecule has 3 aliphatic rings. The average molecular weight is 264 g/mol. The lowest BCUT2D eigenvalue weighted by atomic mass is 9.58. The van der Waals surface area contributed by atoms with Gasteiger partial charge in [-0.1, -0.05) is 34.1 Å². The molecule has 0 aromatic rings. The van der Waals surface area contributed by atoms with Crippen LogP contribution in [-0.2, 0) is 0 Å². The normalized spacial score (nSPS) is 52.6. The van der Waals surface area contributed by atoms with Gasteiger partial charge in [0, 0.05) is 0 Å². The van der Waals surface area contributed by atoms with Crippen LogP contribution >= 0.6 is 0 Å². The van der Waals surface area contributed by atoms with Gasteiger partial charge >= 0.3 is 0 Å². The van der Waals surface area contributed by atoms with Crippen LogP contribution in [0.1, 0.15) is 72.6 Å². The monoisotopic (exact) mass is 264 g/mol. The van der Waals surface area contributed by atoms with Crippen LogP contribution in [0.15, 0.2) is 0 Å². The first kappa shape index (κ1) is 13.9. The summed E-state index contributed by atoms with van der Waals surface area (Å²) in [5, 5.41) is 9.97. The van der Waals surface area contributed by atoms with E-state index < -0.39 is 0 Å². The summed E-state index contributed by atoms with van der Waals surface area (Å²) in [6, 6.07) is 0. The largest absolute Gasteiger partial charge is 0.393 e. The van der Waals surface area contributed by atoms with Gasteiger partial charge in [0.2, 0.25) is 0 Å². The average Bonchev–Trinajstić information content (AvgIpc) is 2.71. The topological polar surface area (TPSA) is 20.2 Å². The number of rotatable bonds is 2.